The molecule has 6 nitrogen and oxygen atoms in total. The molecule has 0 saturated heterocycles. The molecule has 1 aromatic rings. The molecule has 0 spiro atoms. The average molecular weight is 307 g/mol. The molecule has 1 rings (SSSR count). The van der Waals surface area contributed by atoms with Gasteiger partial charge in [-0.3, -0.25) is 0 Å². The summed E-state index contributed by atoms with van der Waals surface area (Å²) in [6.07, 6.45) is -4.32. The lowest BCUT2D eigenvalue weighted by Gasteiger charge is -2.28. The second-order valence-corrected chi connectivity index (χ2v) is 4.57. The number of hydrogen-bond donors (Lipinski definition) is 2. The zero-order valence-corrected chi connectivity index (χ0v) is 11.8. The lowest BCUT2D eigenvalue weighted by Crippen LogP contribution is -2.56. The predicted octanol–water partition coefficient (Wildman–Crippen LogP) is 2.39. The Bertz CT molecular complexity index is 522. The van der Waals surface area contributed by atoms with Gasteiger partial charge >= 0.3 is 12.1 Å². The Labute approximate surface area is 119 Å². The van der Waals surface area contributed by atoms with E-state index in [1.807, 2.05) is 12.2 Å². The van der Waals surface area contributed by atoms with Crippen molar-refractivity contribution in [1.82, 2.24) is 9.97 Å². The molecule has 0 bridgehead atoms. The highest BCUT2D eigenvalue weighted by Crippen LogP contribution is 2.33. The number of aromatic nitrogens is 2. The zero-order valence-electron chi connectivity index (χ0n) is 11.8. The maximum absolute atomic E-state index is 12.9. The molecular weight excluding hydrogens is 291 g/mol. The lowest BCUT2D eigenvalue weighted by molar-refractivity contribution is -0.193. The van der Waals surface area contributed by atoms with Crippen molar-refractivity contribution >= 4 is 11.9 Å². The minimum Gasteiger partial charge on any atom is -0.479 e. The van der Waals surface area contributed by atoms with E-state index < -0.39 is 23.6 Å². The highest BCUT2D eigenvalue weighted by atomic mass is 19.4. The Morgan fingerprint density at radius 2 is 2.05 bits per heavy atom. The van der Waals surface area contributed by atoms with E-state index in [1.54, 1.807) is 0 Å². The topological polar surface area (TPSA) is 84.3 Å². The molecule has 0 saturated carbocycles. The SMILES string of the molecule is CCCOc1cc(C)nc(NC(C)(C(=O)O)C(F)(F)F)n1. The maximum Gasteiger partial charge on any atom is 0.422 e. The van der Waals surface area contributed by atoms with Crippen molar-refractivity contribution in [3.8, 4) is 5.88 Å². The highest BCUT2D eigenvalue weighted by molar-refractivity contribution is 5.82. The van der Waals surface area contributed by atoms with E-state index >= 15 is 0 Å². The average Bonchev–Trinajstić information content (AvgIpc) is 2.34. The molecule has 0 aliphatic rings. The molecule has 0 radical (unpaired) electrons. The van der Waals surface area contributed by atoms with Crippen molar-refractivity contribution in [2.45, 2.75) is 38.9 Å². The van der Waals surface area contributed by atoms with Gasteiger partial charge in [-0.25, -0.2) is 9.78 Å². The van der Waals surface area contributed by atoms with Crippen LogP contribution in [0.5, 0.6) is 5.88 Å². The normalized spacial score (nSPS) is 14.4. The van der Waals surface area contributed by atoms with Crippen LogP contribution in [0.3, 0.4) is 0 Å². The van der Waals surface area contributed by atoms with Gasteiger partial charge < -0.3 is 15.2 Å². The van der Waals surface area contributed by atoms with Crippen molar-refractivity contribution in [3.63, 3.8) is 0 Å². The standard InChI is InChI=1S/C12H16F3N3O3/c1-4-5-21-8-6-7(2)16-10(17-8)18-11(3,9(19)20)12(13,14)15/h6H,4-5H2,1-3H3,(H,19,20)(H,16,17,18). The molecule has 1 atom stereocenters. The number of aryl methyl sites for hydroxylation is 1. The van der Waals surface area contributed by atoms with Crippen LogP contribution in [0.25, 0.3) is 0 Å². The molecular formula is C12H16F3N3O3. The largest absolute Gasteiger partial charge is 0.479 e. The first-order valence-electron chi connectivity index (χ1n) is 6.17. The number of carbonyl (C=O) groups is 1. The van der Waals surface area contributed by atoms with Gasteiger partial charge in [0.1, 0.15) is 0 Å². The minimum atomic E-state index is -5.02. The number of anilines is 1. The Morgan fingerprint density at radius 3 is 2.52 bits per heavy atom. The summed E-state index contributed by atoms with van der Waals surface area (Å²) < 4.78 is 44.0. The summed E-state index contributed by atoms with van der Waals surface area (Å²) >= 11 is 0. The first-order chi connectivity index (χ1) is 9.60. The molecule has 1 heterocycles. The fraction of sp³-hybridized carbons (Fsp3) is 0.583. The van der Waals surface area contributed by atoms with Crippen molar-refractivity contribution in [3.05, 3.63) is 11.8 Å². The fourth-order valence-electron chi connectivity index (χ4n) is 1.35. The van der Waals surface area contributed by atoms with Gasteiger partial charge in [0, 0.05) is 11.8 Å². The smallest absolute Gasteiger partial charge is 0.422 e. The second kappa shape index (κ2) is 6.15. The van der Waals surface area contributed by atoms with E-state index in [0.717, 1.165) is 0 Å². The molecule has 0 amide bonds. The zero-order chi connectivity index (χ0) is 16.3. The number of ether oxygens (including phenoxy) is 1. The summed E-state index contributed by atoms with van der Waals surface area (Å²) in [7, 11) is 0. The third-order valence-corrected chi connectivity index (χ3v) is 2.64. The van der Waals surface area contributed by atoms with Crippen molar-refractivity contribution in [1.29, 1.82) is 0 Å². The molecule has 1 unspecified atom stereocenters. The van der Waals surface area contributed by atoms with Gasteiger partial charge in [-0.2, -0.15) is 18.2 Å². The van der Waals surface area contributed by atoms with Crippen LogP contribution in [0.15, 0.2) is 6.07 Å². The van der Waals surface area contributed by atoms with Crippen LogP contribution < -0.4 is 10.1 Å². The third-order valence-electron chi connectivity index (χ3n) is 2.64. The predicted molar refractivity (Wildman–Crippen MR) is 68.3 cm³/mol. The molecule has 0 aliphatic carbocycles. The van der Waals surface area contributed by atoms with Crippen molar-refractivity contribution in [2.24, 2.45) is 0 Å². The maximum atomic E-state index is 12.9. The number of halogens is 3. The van der Waals surface area contributed by atoms with Crippen LogP contribution in [0.2, 0.25) is 0 Å². The van der Waals surface area contributed by atoms with E-state index in [4.69, 9.17) is 9.84 Å². The Hall–Kier alpha value is -2.06. The number of carboxylic acids is 1. The number of carboxylic acid groups (broad SMARTS) is 1. The third kappa shape index (κ3) is 3.96. The summed E-state index contributed by atoms with van der Waals surface area (Å²) in [5, 5.41) is 10.7. The van der Waals surface area contributed by atoms with Crippen molar-refractivity contribution in [2.75, 3.05) is 11.9 Å². The fourth-order valence-corrected chi connectivity index (χ4v) is 1.35. The number of rotatable bonds is 6. The van der Waals surface area contributed by atoms with Crippen LogP contribution in [-0.4, -0.2) is 39.4 Å². The van der Waals surface area contributed by atoms with Gasteiger partial charge in [0.05, 0.1) is 6.61 Å². The highest BCUT2D eigenvalue weighted by Gasteiger charge is 2.58. The Morgan fingerprint density at radius 1 is 1.43 bits per heavy atom. The van der Waals surface area contributed by atoms with Gasteiger partial charge in [0.25, 0.3) is 0 Å². The summed E-state index contributed by atoms with van der Waals surface area (Å²) in [5.74, 6) is -2.44. The summed E-state index contributed by atoms with van der Waals surface area (Å²) in [6, 6.07) is 1.45. The number of nitrogens with one attached hydrogen (secondary N) is 1. The van der Waals surface area contributed by atoms with E-state index in [1.165, 1.54) is 13.0 Å². The summed E-state index contributed by atoms with van der Waals surface area (Å²) in [5.41, 5.74) is -2.84. The van der Waals surface area contributed by atoms with Crippen molar-refractivity contribution < 1.29 is 27.8 Å². The van der Waals surface area contributed by atoms with Gasteiger partial charge in [0.2, 0.25) is 17.4 Å². The van der Waals surface area contributed by atoms with Gasteiger partial charge in [-0.05, 0) is 20.3 Å². The van der Waals surface area contributed by atoms with E-state index in [2.05, 4.69) is 9.97 Å². The first kappa shape index (κ1) is 17.0. The molecule has 0 aromatic carbocycles. The van der Waals surface area contributed by atoms with E-state index in [0.29, 0.717) is 25.6 Å². The monoisotopic (exact) mass is 307 g/mol. The number of aliphatic carboxylic acids is 1. The van der Waals surface area contributed by atoms with Crippen LogP contribution in [0.1, 0.15) is 26.0 Å². The van der Waals surface area contributed by atoms with E-state index in [9.17, 15) is 18.0 Å². The molecule has 9 heteroatoms. The summed E-state index contributed by atoms with van der Waals surface area (Å²) in [6.45, 7) is 4.24. The second-order valence-electron chi connectivity index (χ2n) is 4.57. The van der Waals surface area contributed by atoms with Gasteiger partial charge in [-0.1, -0.05) is 6.92 Å². The number of nitrogens with zero attached hydrogens (tertiary/aromatic N) is 2. The van der Waals surface area contributed by atoms with Crippen LogP contribution in [0.4, 0.5) is 19.1 Å². The minimum absolute atomic E-state index is 0.0850. The first-order valence-corrected chi connectivity index (χ1v) is 6.17. The molecule has 0 fully saturated rings. The van der Waals surface area contributed by atoms with Crippen LogP contribution >= 0.6 is 0 Å². The number of alkyl halides is 3. The Kier molecular flexibility index (Phi) is 4.97. The quantitative estimate of drug-likeness (QED) is 0.839. The molecule has 118 valence electrons. The lowest BCUT2D eigenvalue weighted by atomic mass is 10.0. The van der Waals surface area contributed by atoms with E-state index in [-0.39, 0.29) is 5.88 Å². The molecule has 2 N–H and O–H groups in total. The van der Waals surface area contributed by atoms with Crippen LogP contribution in [-0.2, 0) is 4.79 Å². The number of hydrogen-bond acceptors (Lipinski definition) is 5. The Balaban J connectivity index is 3.10. The van der Waals surface area contributed by atoms with Gasteiger partial charge in [-0.15, -0.1) is 0 Å². The van der Waals surface area contributed by atoms with Gasteiger partial charge in [0.15, 0.2) is 0 Å². The molecule has 1 aromatic heterocycles. The molecule has 0 aliphatic heterocycles. The summed E-state index contributed by atoms with van der Waals surface area (Å²) in [4.78, 5) is 18.4. The van der Waals surface area contributed by atoms with Crippen LogP contribution in [0, 0.1) is 6.92 Å². The molecule has 21 heavy (non-hydrogen) atoms.